The lowest BCUT2D eigenvalue weighted by atomic mass is 10.1. The third-order valence-corrected chi connectivity index (χ3v) is 2.84. The van der Waals surface area contributed by atoms with Crippen LogP contribution in [0, 0.1) is 6.92 Å². The van der Waals surface area contributed by atoms with Gasteiger partial charge in [-0.2, -0.15) is 5.10 Å². The number of ether oxygens (including phenoxy) is 1. The number of aromatic nitrogens is 2. The number of hydrogen-bond donors (Lipinski definition) is 1. The largest absolute Gasteiger partial charge is 0.484 e. The van der Waals surface area contributed by atoms with Crippen LogP contribution in [-0.2, 0) is 4.79 Å². The zero-order valence-corrected chi connectivity index (χ0v) is 11.3. The van der Waals surface area contributed by atoms with Crippen molar-refractivity contribution in [2.75, 3.05) is 20.7 Å². The van der Waals surface area contributed by atoms with E-state index >= 15 is 0 Å². The summed E-state index contributed by atoms with van der Waals surface area (Å²) < 4.78 is 5.49. The molecule has 0 saturated heterocycles. The van der Waals surface area contributed by atoms with Crippen LogP contribution in [-0.4, -0.2) is 41.7 Å². The highest BCUT2D eigenvalue weighted by Crippen LogP contribution is 2.25. The quantitative estimate of drug-likeness (QED) is 0.911. The van der Waals surface area contributed by atoms with E-state index in [0.29, 0.717) is 5.75 Å². The van der Waals surface area contributed by atoms with Gasteiger partial charge in [-0.25, -0.2) is 0 Å². The molecule has 0 aliphatic heterocycles. The van der Waals surface area contributed by atoms with E-state index in [1.54, 1.807) is 20.3 Å². The van der Waals surface area contributed by atoms with Crippen molar-refractivity contribution in [3.05, 3.63) is 36.2 Å². The topological polar surface area (TPSA) is 58.2 Å². The van der Waals surface area contributed by atoms with E-state index in [9.17, 15) is 4.79 Å². The van der Waals surface area contributed by atoms with Gasteiger partial charge in [0.15, 0.2) is 6.61 Å². The number of hydrogen-bond acceptors (Lipinski definition) is 3. The van der Waals surface area contributed by atoms with Crippen molar-refractivity contribution in [2.45, 2.75) is 6.92 Å². The highest BCUT2D eigenvalue weighted by Gasteiger charge is 2.07. The van der Waals surface area contributed by atoms with Gasteiger partial charge in [0.1, 0.15) is 5.75 Å². The maximum absolute atomic E-state index is 11.5. The van der Waals surface area contributed by atoms with Crippen LogP contribution >= 0.6 is 0 Å². The molecule has 5 nitrogen and oxygen atoms in total. The molecule has 1 heterocycles. The lowest BCUT2D eigenvalue weighted by molar-refractivity contribution is -0.130. The zero-order chi connectivity index (χ0) is 13.8. The van der Waals surface area contributed by atoms with Gasteiger partial charge in [-0.3, -0.25) is 9.89 Å². The number of nitrogens with zero attached hydrogens (tertiary/aromatic N) is 2. The van der Waals surface area contributed by atoms with Crippen LogP contribution in [0.15, 0.2) is 30.5 Å². The Labute approximate surface area is 112 Å². The summed E-state index contributed by atoms with van der Waals surface area (Å²) in [6.45, 7) is 2.01. The number of benzene rings is 1. The summed E-state index contributed by atoms with van der Waals surface area (Å²) in [5.74, 6) is 0.609. The number of aryl methyl sites for hydroxylation is 1. The molecule has 0 aliphatic carbocycles. The zero-order valence-electron chi connectivity index (χ0n) is 11.3. The number of rotatable bonds is 4. The van der Waals surface area contributed by atoms with Crippen LogP contribution in [0.25, 0.3) is 11.1 Å². The summed E-state index contributed by atoms with van der Waals surface area (Å²) in [6, 6.07) is 7.62. The van der Waals surface area contributed by atoms with Crippen LogP contribution in [0.2, 0.25) is 0 Å². The van der Waals surface area contributed by atoms with Crippen LogP contribution in [0.5, 0.6) is 5.75 Å². The molecule has 2 aromatic rings. The molecule has 0 spiro atoms. The molecule has 1 N–H and O–H groups in total. The molecule has 1 aromatic carbocycles. The SMILES string of the molecule is Cc1[nH]ncc1-c1cccc(OCC(=O)N(C)C)c1. The molecule has 0 saturated carbocycles. The minimum absolute atomic E-state index is 0.0425. The number of carbonyl (C=O) groups excluding carboxylic acids is 1. The fraction of sp³-hybridized carbons (Fsp3) is 0.286. The summed E-state index contributed by atoms with van der Waals surface area (Å²) in [5, 5.41) is 6.90. The molecule has 0 atom stereocenters. The van der Waals surface area contributed by atoms with E-state index < -0.39 is 0 Å². The molecule has 2 rings (SSSR count). The first kappa shape index (κ1) is 13.1. The van der Waals surface area contributed by atoms with Gasteiger partial charge in [-0.15, -0.1) is 0 Å². The lowest BCUT2D eigenvalue weighted by Gasteiger charge is -2.11. The fourth-order valence-corrected chi connectivity index (χ4v) is 1.67. The van der Waals surface area contributed by atoms with Crippen molar-refractivity contribution < 1.29 is 9.53 Å². The number of aromatic amines is 1. The Bertz CT molecular complexity index is 576. The smallest absolute Gasteiger partial charge is 0.259 e. The van der Waals surface area contributed by atoms with Gasteiger partial charge in [-0.05, 0) is 24.6 Å². The van der Waals surface area contributed by atoms with E-state index in [1.165, 1.54) is 4.90 Å². The molecule has 0 radical (unpaired) electrons. The molecular formula is C14H17N3O2. The Morgan fingerprint density at radius 2 is 2.21 bits per heavy atom. The van der Waals surface area contributed by atoms with E-state index in [2.05, 4.69) is 10.2 Å². The van der Waals surface area contributed by atoms with Crippen LogP contribution < -0.4 is 4.74 Å². The van der Waals surface area contributed by atoms with Gasteiger partial charge in [0, 0.05) is 25.4 Å². The highest BCUT2D eigenvalue weighted by molar-refractivity contribution is 5.77. The van der Waals surface area contributed by atoms with Crippen LogP contribution in [0.1, 0.15) is 5.69 Å². The maximum atomic E-state index is 11.5. The Morgan fingerprint density at radius 3 is 2.84 bits per heavy atom. The highest BCUT2D eigenvalue weighted by atomic mass is 16.5. The first-order chi connectivity index (χ1) is 9.08. The normalized spacial score (nSPS) is 10.3. The molecular weight excluding hydrogens is 242 g/mol. The maximum Gasteiger partial charge on any atom is 0.259 e. The average Bonchev–Trinajstić information content (AvgIpc) is 2.82. The van der Waals surface area contributed by atoms with Crippen LogP contribution in [0.4, 0.5) is 0 Å². The first-order valence-corrected chi connectivity index (χ1v) is 6.01. The molecule has 0 unspecified atom stereocenters. The van der Waals surface area contributed by atoms with Gasteiger partial charge in [0.2, 0.25) is 0 Å². The van der Waals surface area contributed by atoms with Crippen molar-refractivity contribution in [3.63, 3.8) is 0 Å². The van der Waals surface area contributed by atoms with E-state index in [0.717, 1.165) is 16.8 Å². The third-order valence-electron chi connectivity index (χ3n) is 2.84. The number of nitrogens with one attached hydrogen (secondary N) is 1. The Morgan fingerprint density at radius 1 is 1.42 bits per heavy atom. The fourth-order valence-electron chi connectivity index (χ4n) is 1.67. The summed E-state index contributed by atoms with van der Waals surface area (Å²) in [7, 11) is 3.41. The Kier molecular flexibility index (Phi) is 3.85. The Balaban J connectivity index is 2.12. The minimum Gasteiger partial charge on any atom is -0.484 e. The third kappa shape index (κ3) is 3.13. The van der Waals surface area contributed by atoms with Crippen molar-refractivity contribution in [3.8, 4) is 16.9 Å². The number of carbonyl (C=O) groups is 1. The molecule has 100 valence electrons. The van der Waals surface area contributed by atoms with Gasteiger partial charge < -0.3 is 9.64 Å². The second kappa shape index (κ2) is 5.56. The Hall–Kier alpha value is -2.30. The van der Waals surface area contributed by atoms with E-state index in [4.69, 9.17) is 4.74 Å². The molecule has 0 bridgehead atoms. The summed E-state index contributed by atoms with van der Waals surface area (Å²) >= 11 is 0. The molecule has 1 aromatic heterocycles. The van der Waals surface area contributed by atoms with Crippen molar-refractivity contribution >= 4 is 5.91 Å². The lowest BCUT2D eigenvalue weighted by Crippen LogP contribution is -2.27. The summed E-state index contributed by atoms with van der Waals surface area (Å²) in [5.41, 5.74) is 3.05. The predicted molar refractivity (Wildman–Crippen MR) is 72.9 cm³/mol. The molecule has 1 amide bonds. The number of H-pyrrole nitrogens is 1. The number of likely N-dealkylation sites (N-methyl/N-ethyl adjacent to an activating group) is 1. The average molecular weight is 259 g/mol. The predicted octanol–water partition coefficient (Wildman–Crippen LogP) is 1.85. The molecule has 19 heavy (non-hydrogen) atoms. The minimum atomic E-state index is -0.0649. The molecule has 0 aliphatic rings. The monoisotopic (exact) mass is 259 g/mol. The van der Waals surface area contributed by atoms with Crippen LogP contribution in [0.3, 0.4) is 0 Å². The standard InChI is InChI=1S/C14H17N3O2/c1-10-13(8-15-16-10)11-5-4-6-12(7-11)19-9-14(18)17(2)3/h4-8H,9H2,1-3H3,(H,15,16). The van der Waals surface area contributed by atoms with Crippen molar-refractivity contribution in [1.82, 2.24) is 15.1 Å². The van der Waals surface area contributed by atoms with Gasteiger partial charge in [-0.1, -0.05) is 12.1 Å². The molecule has 0 fully saturated rings. The second-order valence-electron chi connectivity index (χ2n) is 4.51. The first-order valence-electron chi connectivity index (χ1n) is 6.01. The number of amides is 1. The second-order valence-corrected chi connectivity index (χ2v) is 4.51. The van der Waals surface area contributed by atoms with E-state index in [-0.39, 0.29) is 12.5 Å². The van der Waals surface area contributed by atoms with Gasteiger partial charge in [0.25, 0.3) is 5.91 Å². The van der Waals surface area contributed by atoms with Gasteiger partial charge in [0.05, 0.1) is 6.20 Å². The van der Waals surface area contributed by atoms with Gasteiger partial charge >= 0.3 is 0 Å². The van der Waals surface area contributed by atoms with E-state index in [1.807, 2.05) is 31.2 Å². The molecule has 5 heteroatoms. The summed E-state index contributed by atoms with van der Waals surface area (Å²) in [4.78, 5) is 13.0. The van der Waals surface area contributed by atoms with Crippen molar-refractivity contribution in [1.29, 1.82) is 0 Å². The summed E-state index contributed by atoms with van der Waals surface area (Å²) in [6.07, 6.45) is 1.78. The van der Waals surface area contributed by atoms with Crippen molar-refractivity contribution in [2.24, 2.45) is 0 Å².